The monoisotopic (exact) mass is 265 g/mol. The van der Waals surface area contributed by atoms with E-state index in [2.05, 4.69) is 14.7 Å². The van der Waals surface area contributed by atoms with Gasteiger partial charge in [0.1, 0.15) is 5.82 Å². The lowest BCUT2D eigenvalue weighted by atomic mass is 10.2. The maximum atomic E-state index is 11.5. The van der Waals surface area contributed by atoms with Gasteiger partial charge >= 0.3 is 5.97 Å². The zero-order valence-electron chi connectivity index (χ0n) is 11.1. The molecule has 0 radical (unpaired) electrons. The van der Waals surface area contributed by atoms with E-state index in [0.717, 1.165) is 12.8 Å². The number of carbonyl (C=O) groups is 1. The van der Waals surface area contributed by atoms with Crippen LogP contribution >= 0.6 is 0 Å². The largest absolute Gasteiger partial charge is 0.464 e. The summed E-state index contributed by atoms with van der Waals surface area (Å²) in [5, 5.41) is 9.20. The van der Waals surface area contributed by atoms with Gasteiger partial charge in [-0.1, -0.05) is 12.8 Å². The smallest absolute Gasteiger partial charge is 0.358 e. The Morgan fingerprint density at radius 2 is 2.21 bits per heavy atom. The molecule has 0 saturated heterocycles. The van der Waals surface area contributed by atoms with Crippen LogP contribution in [-0.2, 0) is 4.74 Å². The van der Waals surface area contributed by atoms with Gasteiger partial charge in [-0.15, -0.1) is 0 Å². The lowest BCUT2D eigenvalue weighted by Crippen LogP contribution is -2.36. The molecule has 0 aliphatic heterocycles. The Balaban J connectivity index is 2.22. The van der Waals surface area contributed by atoms with Gasteiger partial charge in [-0.3, -0.25) is 4.98 Å². The molecule has 1 aromatic heterocycles. The molecule has 0 spiro atoms. The van der Waals surface area contributed by atoms with E-state index >= 15 is 0 Å². The van der Waals surface area contributed by atoms with Gasteiger partial charge in [0.15, 0.2) is 5.69 Å². The second-order valence-corrected chi connectivity index (χ2v) is 4.61. The fourth-order valence-corrected chi connectivity index (χ4v) is 2.50. The topological polar surface area (TPSA) is 75.5 Å². The molecule has 0 aromatic carbocycles. The standard InChI is InChI=1S/C13H19N3O3/c1-19-13(18)11-8-14-9-12(15-11)16(6-7-17)10-4-2-3-5-10/h8-10,17H,2-7H2,1H3. The number of aliphatic hydroxyl groups is 1. The third kappa shape index (κ3) is 3.20. The third-order valence-corrected chi connectivity index (χ3v) is 3.42. The first kappa shape index (κ1) is 13.7. The van der Waals surface area contributed by atoms with Crippen molar-refractivity contribution >= 4 is 11.8 Å². The number of nitrogens with zero attached hydrogens (tertiary/aromatic N) is 3. The minimum absolute atomic E-state index is 0.0562. The number of methoxy groups -OCH3 is 1. The van der Waals surface area contributed by atoms with Crippen molar-refractivity contribution in [2.75, 3.05) is 25.2 Å². The molecule has 1 heterocycles. The van der Waals surface area contributed by atoms with Crippen LogP contribution < -0.4 is 4.90 Å². The van der Waals surface area contributed by atoms with Crippen LogP contribution in [0.15, 0.2) is 12.4 Å². The molecule has 0 bridgehead atoms. The number of anilines is 1. The fourth-order valence-electron chi connectivity index (χ4n) is 2.50. The number of rotatable bonds is 5. The maximum Gasteiger partial charge on any atom is 0.358 e. The molecule has 0 amide bonds. The molecule has 6 nitrogen and oxygen atoms in total. The van der Waals surface area contributed by atoms with Crippen molar-refractivity contribution in [3.8, 4) is 0 Å². The van der Waals surface area contributed by atoms with Crippen LogP contribution in [-0.4, -0.2) is 47.3 Å². The van der Waals surface area contributed by atoms with Crippen LogP contribution in [0.2, 0.25) is 0 Å². The van der Waals surface area contributed by atoms with Gasteiger partial charge in [0, 0.05) is 12.6 Å². The Bertz CT molecular complexity index is 433. The number of ether oxygens (including phenoxy) is 1. The van der Waals surface area contributed by atoms with Gasteiger partial charge in [-0.2, -0.15) is 0 Å². The van der Waals surface area contributed by atoms with Crippen molar-refractivity contribution in [3.63, 3.8) is 0 Å². The number of hydrogen-bond acceptors (Lipinski definition) is 6. The number of carbonyl (C=O) groups excluding carboxylic acids is 1. The molecule has 1 aliphatic rings. The minimum Gasteiger partial charge on any atom is -0.464 e. The Labute approximate surface area is 112 Å². The van der Waals surface area contributed by atoms with Crippen molar-refractivity contribution in [1.29, 1.82) is 0 Å². The average Bonchev–Trinajstić information content (AvgIpc) is 2.98. The van der Waals surface area contributed by atoms with Gasteiger partial charge in [-0.25, -0.2) is 9.78 Å². The predicted octanol–water partition coefficient (Wildman–Crippen LogP) is 1.00. The summed E-state index contributed by atoms with van der Waals surface area (Å²) in [6.45, 7) is 0.560. The predicted molar refractivity (Wildman–Crippen MR) is 70.1 cm³/mol. The Morgan fingerprint density at radius 3 is 2.84 bits per heavy atom. The Hall–Kier alpha value is -1.69. The Morgan fingerprint density at radius 1 is 1.47 bits per heavy atom. The van der Waals surface area contributed by atoms with E-state index in [-0.39, 0.29) is 12.3 Å². The number of esters is 1. The van der Waals surface area contributed by atoms with E-state index in [1.807, 2.05) is 4.90 Å². The average molecular weight is 265 g/mol. The van der Waals surface area contributed by atoms with E-state index < -0.39 is 5.97 Å². The molecule has 1 aliphatic carbocycles. The molecule has 19 heavy (non-hydrogen) atoms. The van der Waals surface area contributed by atoms with Crippen LogP contribution in [0.25, 0.3) is 0 Å². The third-order valence-electron chi connectivity index (χ3n) is 3.42. The Kier molecular flexibility index (Phi) is 4.68. The van der Waals surface area contributed by atoms with E-state index in [1.54, 1.807) is 6.20 Å². The molecular formula is C13H19N3O3. The van der Waals surface area contributed by atoms with Crippen molar-refractivity contribution in [1.82, 2.24) is 9.97 Å². The highest BCUT2D eigenvalue weighted by atomic mass is 16.5. The van der Waals surface area contributed by atoms with Crippen molar-refractivity contribution in [2.45, 2.75) is 31.7 Å². The number of aliphatic hydroxyl groups excluding tert-OH is 1. The highest BCUT2D eigenvalue weighted by Gasteiger charge is 2.24. The summed E-state index contributed by atoms with van der Waals surface area (Å²) in [6, 6.07) is 0.370. The van der Waals surface area contributed by atoms with Gasteiger partial charge in [0.25, 0.3) is 0 Å². The maximum absolute atomic E-state index is 11.5. The van der Waals surface area contributed by atoms with Crippen LogP contribution in [0.4, 0.5) is 5.82 Å². The molecular weight excluding hydrogens is 246 g/mol. The highest BCUT2D eigenvalue weighted by Crippen LogP contribution is 2.26. The fraction of sp³-hybridized carbons (Fsp3) is 0.615. The molecule has 2 rings (SSSR count). The zero-order valence-corrected chi connectivity index (χ0v) is 11.1. The quantitative estimate of drug-likeness (QED) is 0.801. The molecule has 104 valence electrons. The van der Waals surface area contributed by atoms with Crippen molar-refractivity contribution in [3.05, 3.63) is 18.1 Å². The molecule has 1 N–H and O–H groups in total. The number of aromatic nitrogens is 2. The van der Waals surface area contributed by atoms with Crippen molar-refractivity contribution < 1.29 is 14.6 Å². The molecule has 0 unspecified atom stereocenters. The minimum atomic E-state index is -0.496. The first-order chi connectivity index (χ1) is 9.26. The molecule has 6 heteroatoms. The van der Waals surface area contributed by atoms with Crippen molar-refractivity contribution in [2.24, 2.45) is 0 Å². The van der Waals surface area contributed by atoms with E-state index in [1.165, 1.54) is 26.1 Å². The van der Waals surface area contributed by atoms with Crippen LogP contribution in [0.1, 0.15) is 36.2 Å². The van der Waals surface area contributed by atoms with Gasteiger partial charge in [0.2, 0.25) is 0 Å². The van der Waals surface area contributed by atoms with Crippen LogP contribution in [0.5, 0.6) is 0 Å². The van der Waals surface area contributed by atoms with E-state index in [0.29, 0.717) is 18.4 Å². The lowest BCUT2D eigenvalue weighted by molar-refractivity contribution is 0.0593. The summed E-state index contributed by atoms with van der Waals surface area (Å²) in [5.74, 6) is 0.133. The van der Waals surface area contributed by atoms with Crippen LogP contribution in [0.3, 0.4) is 0 Å². The SMILES string of the molecule is COC(=O)c1cncc(N(CCO)C2CCCC2)n1. The summed E-state index contributed by atoms with van der Waals surface area (Å²) in [5.41, 5.74) is 0.195. The molecule has 0 atom stereocenters. The second-order valence-electron chi connectivity index (χ2n) is 4.61. The first-order valence-electron chi connectivity index (χ1n) is 6.54. The lowest BCUT2D eigenvalue weighted by Gasteiger charge is -2.29. The van der Waals surface area contributed by atoms with E-state index in [9.17, 15) is 9.90 Å². The highest BCUT2D eigenvalue weighted by molar-refractivity contribution is 5.87. The first-order valence-corrected chi connectivity index (χ1v) is 6.54. The zero-order chi connectivity index (χ0) is 13.7. The van der Waals surface area contributed by atoms with Crippen LogP contribution in [0, 0.1) is 0 Å². The van der Waals surface area contributed by atoms with Gasteiger partial charge in [-0.05, 0) is 12.8 Å². The molecule has 1 fully saturated rings. The molecule has 1 saturated carbocycles. The molecule has 1 aromatic rings. The number of hydrogen-bond donors (Lipinski definition) is 1. The van der Waals surface area contributed by atoms with Gasteiger partial charge in [0.05, 0.1) is 26.1 Å². The van der Waals surface area contributed by atoms with Gasteiger partial charge < -0.3 is 14.7 Å². The summed E-state index contributed by atoms with van der Waals surface area (Å²) < 4.78 is 4.65. The summed E-state index contributed by atoms with van der Waals surface area (Å²) in [7, 11) is 1.32. The van der Waals surface area contributed by atoms with E-state index in [4.69, 9.17) is 0 Å². The second kappa shape index (κ2) is 6.47. The summed E-state index contributed by atoms with van der Waals surface area (Å²) in [4.78, 5) is 21.8. The summed E-state index contributed by atoms with van der Waals surface area (Å²) in [6.07, 6.45) is 7.57. The normalized spacial score (nSPS) is 15.5. The summed E-state index contributed by atoms with van der Waals surface area (Å²) >= 11 is 0.